The zero-order valence-electron chi connectivity index (χ0n) is 8.11. The third-order valence-corrected chi connectivity index (χ3v) is 2.40. The topological polar surface area (TPSA) is 31.9 Å². The van der Waals surface area contributed by atoms with Crippen molar-refractivity contribution >= 4 is 24.8 Å². The van der Waals surface area contributed by atoms with E-state index in [4.69, 9.17) is 0 Å². The second kappa shape index (κ2) is 7.10. The zero-order valence-corrected chi connectivity index (χ0v) is 9.74. The van der Waals surface area contributed by atoms with Gasteiger partial charge in [0.2, 0.25) is 0 Å². The van der Waals surface area contributed by atoms with E-state index < -0.39 is 0 Å². The summed E-state index contributed by atoms with van der Waals surface area (Å²) in [7, 11) is 0. The number of rotatable bonds is 2. The van der Waals surface area contributed by atoms with Gasteiger partial charge in [-0.3, -0.25) is 4.90 Å². The van der Waals surface area contributed by atoms with E-state index in [1.165, 1.54) is 38.0 Å². The van der Waals surface area contributed by atoms with Crippen LogP contribution in [0.4, 0.5) is 0 Å². The first-order chi connectivity index (χ1) is 5.95. The maximum absolute atomic E-state index is 4.01. The molecule has 1 aromatic heterocycles. The Balaban J connectivity index is 0.000000845. The average molecular weight is 238 g/mol. The van der Waals surface area contributed by atoms with E-state index >= 15 is 0 Å². The number of H-pyrrole nitrogens is 1. The molecule has 1 N–H and O–H groups in total. The van der Waals surface area contributed by atoms with E-state index in [1.54, 1.807) is 6.33 Å². The number of aromatic amines is 1. The van der Waals surface area contributed by atoms with Crippen LogP contribution in [0, 0.1) is 0 Å². The van der Waals surface area contributed by atoms with Crippen LogP contribution in [0.3, 0.4) is 0 Å². The van der Waals surface area contributed by atoms with Gasteiger partial charge in [-0.15, -0.1) is 24.8 Å². The molecule has 0 aromatic carbocycles. The maximum atomic E-state index is 4.01. The predicted octanol–water partition coefficient (Wildman–Crippen LogP) is 2.24. The average Bonchev–Trinajstić information content (AvgIpc) is 2.59. The van der Waals surface area contributed by atoms with E-state index in [1.807, 2.05) is 6.20 Å². The minimum atomic E-state index is 0. The zero-order chi connectivity index (χ0) is 8.23. The smallest absolute Gasteiger partial charge is 0.0922 e. The van der Waals surface area contributed by atoms with Crippen LogP contribution in [0.15, 0.2) is 12.5 Å². The van der Waals surface area contributed by atoms with Crippen molar-refractivity contribution < 1.29 is 0 Å². The van der Waals surface area contributed by atoms with E-state index in [0.29, 0.717) is 0 Å². The molecule has 1 aliphatic rings. The summed E-state index contributed by atoms with van der Waals surface area (Å²) in [5.74, 6) is 0. The Morgan fingerprint density at radius 2 is 1.93 bits per heavy atom. The van der Waals surface area contributed by atoms with Gasteiger partial charge in [-0.05, 0) is 25.9 Å². The molecule has 1 saturated heterocycles. The van der Waals surface area contributed by atoms with E-state index in [-0.39, 0.29) is 24.8 Å². The molecular weight excluding hydrogens is 221 g/mol. The lowest BCUT2D eigenvalue weighted by molar-refractivity contribution is 0.219. The standard InChI is InChI=1S/C9H15N3.2ClH/c1-2-4-12(5-3-1)7-9-6-10-8-11-9;;/h6,8H,1-5,7H2,(H,10,11);2*1H. The second-order valence-corrected chi connectivity index (χ2v) is 3.41. The molecule has 0 aliphatic carbocycles. The lowest BCUT2D eigenvalue weighted by Crippen LogP contribution is -2.29. The Bertz CT molecular complexity index is 220. The molecule has 1 aliphatic heterocycles. The van der Waals surface area contributed by atoms with Crippen molar-refractivity contribution in [3.05, 3.63) is 18.2 Å². The van der Waals surface area contributed by atoms with Crippen LogP contribution in [-0.2, 0) is 6.54 Å². The third kappa shape index (κ3) is 3.86. The van der Waals surface area contributed by atoms with Gasteiger partial charge in [-0.2, -0.15) is 0 Å². The van der Waals surface area contributed by atoms with E-state index in [9.17, 15) is 0 Å². The minimum Gasteiger partial charge on any atom is -0.347 e. The molecule has 2 heterocycles. The molecule has 0 bridgehead atoms. The molecular formula is C9H17Cl2N3. The lowest BCUT2D eigenvalue weighted by Gasteiger charge is -2.25. The van der Waals surface area contributed by atoms with Gasteiger partial charge in [0.15, 0.2) is 0 Å². The summed E-state index contributed by atoms with van der Waals surface area (Å²) >= 11 is 0. The normalized spacial score (nSPS) is 16.9. The van der Waals surface area contributed by atoms with Gasteiger partial charge in [0.25, 0.3) is 0 Å². The highest BCUT2D eigenvalue weighted by Crippen LogP contribution is 2.10. The summed E-state index contributed by atoms with van der Waals surface area (Å²) < 4.78 is 0. The Morgan fingerprint density at radius 1 is 1.21 bits per heavy atom. The molecule has 82 valence electrons. The third-order valence-electron chi connectivity index (χ3n) is 2.40. The summed E-state index contributed by atoms with van der Waals surface area (Å²) in [6.07, 6.45) is 7.77. The summed E-state index contributed by atoms with van der Waals surface area (Å²) in [6, 6.07) is 0. The first-order valence-electron chi connectivity index (χ1n) is 4.65. The van der Waals surface area contributed by atoms with Crippen LogP contribution in [0.2, 0.25) is 0 Å². The quantitative estimate of drug-likeness (QED) is 0.856. The number of aromatic nitrogens is 2. The van der Waals surface area contributed by atoms with Crippen LogP contribution in [-0.4, -0.2) is 28.0 Å². The maximum Gasteiger partial charge on any atom is 0.0922 e. The minimum absolute atomic E-state index is 0. The van der Waals surface area contributed by atoms with Crippen molar-refractivity contribution in [1.82, 2.24) is 14.9 Å². The largest absolute Gasteiger partial charge is 0.347 e. The van der Waals surface area contributed by atoms with Crippen LogP contribution in [0.5, 0.6) is 0 Å². The van der Waals surface area contributed by atoms with Gasteiger partial charge in [0.1, 0.15) is 0 Å². The van der Waals surface area contributed by atoms with Crippen LogP contribution in [0.25, 0.3) is 0 Å². The van der Waals surface area contributed by atoms with Crippen molar-refractivity contribution in [2.45, 2.75) is 25.8 Å². The van der Waals surface area contributed by atoms with Crippen LogP contribution in [0.1, 0.15) is 25.0 Å². The number of imidazole rings is 1. The monoisotopic (exact) mass is 237 g/mol. The van der Waals surface area contributed by atoms with Crippen LogP contribution < -0.4 is 0 Å². The highest BCUT2D eigenvalue weighted by molar-refractivity contribution is 5.85. The second-order valence-electron chi connectivity index (χ2n) is 3.41. The molecule has 0 radical (unpaired) electrons. The van der Waals surface area contributed by atoms with Crippen molar-refractivity contribution in [3.63, 3.8) is 0 Å². The molecule has 5 heteroatoms. The number of hydrogen-bond acceptors (Lipinski definition) is 2. The summed E-state index contributed by atoms with van der Waals surface area (Å²) in [5, 5.41) is 0. The summed E-state index contributed by atoms with van der Waals surface area (Å²) in [4.78, 5) is 9.62. The SMILES string of the molecule is Cl.Cl.c1ncc(CN2CCCCC2)[nH]1. The summed E-state index contributed by atoms with van der Waals surface area (Å²) in [5.41, 5.74) is 1.23. The van der Waals surface area contributed by atoms with Gasteiger partial charge < -0.3 is 4.98 Å². The van der Waals surface area contributed by atoms with Gasteiger partial charge >= 0.3 is 0 Å². The Hall–Kier alpha value is -0.250. The fourth-order valence-electron chi connectivity index (χ4n) is 1.73. The van der Waals surface area contributed by atoms with E-state index in [0.717, 1.165) is 6.54 Å². The molecule has 2 rings (SSSR count). The number of halogens is 2. The van der Waals surface area contributed by atoms with Gasteiger partial charge in [0, 0.05) is 18.4 Å². The number of likely N-dealkylation sites (tertiary alicyclic amines) is 1. The first kappa shape index (κ1) is 13.8. The lowest BCUT2D eigenvalue weighted by atomic mass is 10.1. The van der Waals surface area contributed by atoms with Gasteiger partial charge in [0.05, 0.1) is 6.33 Å². The molecule has 0 spiro atoms. The van der Waals surface area contributed by atoms with Crippen molar-refractivity contribution in [2.24, 2.45) is 0 Å². The molecule has 0 atom stereocenters. The molecule has 1 fully saturated rings. The molecule has 0 amide bonds. The van der Waals surface area contributed by atoms with Gasteiger partial charge in [-0.25, -0.2) is 4.98 Å². The Labute approximate surface area is 97.1 Å². The molecule has 0 saturated carbocycles. The number of piperidine rings is 1. The Morgan fingerprint density at radius 3 is 2.50 bits per heavy atom. The predicted molar refractivity (Wildman–Crippen MR) is 62.2 cm³/mol. The van der Waals surface area contributed by atoms with Crippen LogP contribution >= 0.6 is 24.8 Å². The van der Waals surface area contributed by atoms with Crippen molar-refractivity contribution in [1.29, 1.82) is 0 Å². The Kier molecular flexibility index (Phi) is 6.97. The highest BCUT2D eigenvalue weighted by Gasteiger charge is 2.10. The van der Waals surface area contributed by atoms with Crippen molar-refractivity contribution in [2.75, 3.05) is 13.1 Å². The number of nitrogens with zero attached hydrogens (tertiary/aromatic N) is 2. The molecule has 0 unspecified atom stereocenters. The van der Waals surface area contributed by atoms with Gasteiger partial charge in [-0.1, -0.05) is 6.42 Å². The first-order valence-corrected chi connectivity index (χ1v) is 4.65. The fourth-order valence-corrected chi connectivity index (χ4v) is 1.73. The fraction of sp³-hybridized carbons (Fsp3) is 0.667. The molecule has 14 heavy (non-hydrogen) atoms. The number of nitrogens with one attached hydrogen (secondary N) is 1. The summed E-state index contributed by atoms with van der Waals surface area (Å²) in [6.45, 7) is 3.54. The molecule has 1 aromatic rings. The van der Waals surface area contributed by atoms with E-state index in [2.05, 4.69) is 14.9 Å². The molecule has 3 nitrogen and oxygen atoms in total. The number of hydrogen-bond donors (Lipinski definition) is 1. The van der Waals surface area contributed by atoms with Crippen molar-refractivity contribution in [3.8, 4) is 0 Å². The highest BCUT2D eigenvalue weighted by atomic mass is 35.5.